The van der Waals surface area contributed by atoms with E-state index in [2.05, 4.69) is 10.1 Å². The van der Waals surface area contributed by atoms with Crippen molar-refractivity contribution in [3.63, 3.8) is 0 Å². The van der Waals surface area contributed by atoms with E-state index in [9.17, 15) is 9.59 Å². The summed E-state index contributed by atoms with van der Waals surface area (Å²) in [5, 5.41) is 2.79. The average molecular weight is 264 g/mol. The van der Waals surface area contributed by atoms with Gasteiger partial charge in [-0.2, -0.15) is 0 Å². The molecule has 0 unspecified atom stereocenters. The molecule has 104 valence electrons. The van der Waals surface area contributed by atoms with Crippen molar-refractivity contribution in [2.75, 3.05) is 19.0 Å². The van der Waals surface area contributed by atoms with Crippen LogP contribution in [-0.2, 0) is 20.7 Å². The topological polar surface area (TPSA) is 81.4 Å². The normalized spacial score (nSPS) is 10.0. The van der Waals surface area contributed by atoms with Crippen LogP contribution in [-0.4, -0.2) is 25.5 Å². The summed E-state index contributed by atoms with van der Waals surface area (Å²) in [4.78, 5) is 22.5. The largest absolute Gasteiger partial charge is 0.469 e. The van der Waals surface area contributed by atoms with Gasteiger partial charge in [-0.05, 0) is 37.1 Å². The van der Waals surface area contributed by atoms with Crippen LogP contribution in [0.15, 0.2) is 24.3 Å². The minimum atomic E-state index is -0.223. The lowest BCUT2D eigenvalue weighted by atomic mass is 10.1. The fourth-order valence-corrected chi connectivity index (χ4v) is 1.59. The lowest BCUT2D eigenvalue weighted by Gasteiger charge is -2.06. The third-order valence-corrected chi connectivity index (χ3v) is 2.69. The van der Waals surface area contributed by atoms with Gasteiger partial charge in [-0.1, -0.05) is 12.1 Å². The Kier molecular flexibility index (Phi) is 6.60. The van der Waals surface area contributed by atoms with Crippen LogP contribution in [0.3, 0.4) is 0 Å². The van der Waals surface area contributed by atoms with E-state index in [1.165, 1.54) is 7.11 Å². The number of nitrogens with one attached hydrogen (secondary N) is 1. The number of aryl methyl sites for hydroxylation is 1. The lowest BCUT2D eigenvalue weighted by molar-refractivity contribution is -0.140. The van der Waals surface area contributed by atoms with Crippen LogP contribution in [0.5, 0.6) is 0 Å². The molecule has 0 atom stereocenters. The lowest BCUT2D eigenvalue weighted by Crippen LogP contribution is -2.13. The summed E-state index contributed by atoms with van der Waals surface area (Å²) in [5.74, 6) is -0.257. The zero-order valence-electron chi connectivity index (χ0n) is 11.1. The van der Waals surface area contributed by atoms with E-state index in [4.69, 9.17) is 5.73 Å². The molecule has 0 aliphatic rings. The number of methoxy groups -OCH3 is 1. The molecule has 0 radical (unpaired) electrons. The van der Waals surface area contributed by atoms with Crippen LogP contribution >= 0.6 is 0 Å². The molecule has 1 rings (SSSR count). The molecule has 5 nitrogen and oxygen atoms in total. The number of carbonyl (C=O) groups is 2. The van der Waals surface area contributed by atoms with Gasteiger partial charge in [0.05, 0.1) is 7.11 Å². The second-order valence-corrected chi connectivity index (χ2v) is 4.21. The van der Waals surface area contributed by atoms with E-state index >= 15 is 0 Å². The van der Waals surface area contributed by atoms with Gasteiger partial charge in [0.15, 0.2) is 0 Å². The maximum Gasteiger partial charge on any atom is 0.305 e. The van der Waals surface area contributed by atoms with Gasteiger partial charge in [0.25, 0.3) is 0 Å². The number of anilines is 1. The summed E-state index contributed by atoms with van der Waals surface area (Å²) in [6.07, 6.45) is 2.11. The van der Waals surface area contributed by atoms with Gasteiger partial charge in [-0.15, -0.1) is 0 Å². The number of carbonyl (C=O) groups excluding carboxylic acids is 2. The van der Waals surface area contributed by atoms with Crippen molar-refractivity contribution < 1.29 is 14.3 Å². The summed E-state index contributed by atoms with van der Waals surface area (Å²) in [7, 11) is 1.38. The van der Waals surface area contributed by atoms with E-state index in [-0.39, 0.29) is 11.9 Å². The molecule has 5 heteroatoms. The first kappa shape index (κ1) is 15.2. The van der Waals surface area contributed by atoms with E-state index < -0.39 is 0 Å². The SMILES string of the molecule is COC(=O)CCc1ccc(NC(=O)CCCN)cc1. The Labute approximate surface area is 113 Å². The number of benzene rings is 1. The van der Waals surface area contributed by atoms with Crippen LogP contribution in [0.4, 0.5) is 5.69 Å². The molecule has 0 aliphatic heterocycles. The first-order valence-electron chi connectivity index (χ1n) is 6.31. The van der Waals surface area contributed by atoms with Crippen LogP contribution in [0.1, 0.15) is 24.8 Å². The molecule has 0 fully saturated rings. The number of nitrogens with two attached hydrogens (primary N) is 1. The number of esters is 1. The van der Waals surface area contributed by atoms with E-state index in [1.54, 1.807) is 0 Å². The van der Waals surface area contributed by atoms with Gasteiger partial charge in [0.2, 0.25) is 5.91 Å². The summed E-state index contributed by atoms with van der Waals surface area (Å²) in [6.45, 7) is 0.514. The second kappa shape index (κ2) is 8.26. The first-order valence-corrected chi connectivity index (χ1v) is 6.31. The molecule has 1 aromatic rings. The van der Waals surface area contributed by atoms with Crippen molar-refractivity contribution >= 4 is 17.6 Å². The van der Waals surface area contributed by atoms with E-state index in [0.29, 0.717) is 32.2 Å². The zero-order chi connectivity index (χ0) is 14.1. The van der Waals surface area contributed by atoms with Gasteiger partial charge in [-0.3, -0.25) is 9.59 Å². The van der Waals surface area contributed by atoms with Crippen LogP contribution < -0.4 is 11.1 Å². The molecule has 0 aliphatic carbocycles. The Morgan fingerprint density at radius 3 is 2.47 bits per heavy atom. The number of ether oxygens (including phenoxy) is 1. The molecule has 19 heavy (non-hydrogen) atoms. The van der Waals surface area contributed by atoms with Gasteiger partial charge < -0.3 is 15.8 Å². The fraction of sp³-hybridized carbons (Fsp3) is 0.429. The number of hydrogen-bond donors (Lipinski definition) is 2. The molecule has 0 bridgehead atoms. The van der Waals surface area contributed by atoms with Crippen molar-refractivity contribution in [3.05, 3.63) is 29.8 Å². The molecule has 3 N–H and O–H groups in total. The van der Waals surface area contributed by atoms with Crippen LogP contribution in [0.2, 0.25) is 0 Å². The number of hydrogen-bond acceptors (Lipinski definition) is 4. The van der Waals surface area contributed by atoms with Crippen molar-refractivity contribution in [1.82, 2.24) is 0 Å². The fourth-order valence-electron chi connectivity index (χ4n) is 1.59. The Morgan fingerprint density at radius 1 is 1.21 bits per heavy atom. The maximum atomic E-state index is 11.5. The third-order valence-electron chi connectivity index (χ3n) is 2.69. The second-order valence-electron chi connectivity index (χ2n) is 4.21. The zero-order valence-corrected chi connectivity index (χ0v) is 11.1. The third kappa shape index (κ3) is 6.01. The average Bonchev–Trinajstić information content (AvgIpc) is 2.44. The Hall–Kier alpha value is -1.88. The maximum absolute atomic E-state index is 11.5. The Morgan fingerprint density at radius 2 is 1.89 bits per heavy atom. The predicted octanol–water partition coefficient (Wildman–Crippen LogP) is 1.47. The van der Waals surface area contributed by atoms with Crippen molar-refractivity contribution in [2.45, 2.75) is 25.7 Å². The van der Waals surface area contributed by atoms with E-state index in [0.717, 1.165) is 11.3 Å². The molecule has 0 saturated carbocycles. The minimum Gasteiger partial charge on any atom is -0.469 e. The van der Waals surface area contributed by atoms with Crippen molar-refractivity contribution in [1.29, 1.82) is 0 Å². The highest BCUT2D eigenvalue weighted by molar-refractivity contribution is 5.90. The summed E-state index contributed by atoms with van der Waals surface area (Å²) >= 11 is 0. The Bertz CT molecular complexity index is 415. The first-order chi connectivity index (χ1) is 9.15. The smallest absolute Gasteiger partial charge is 0.305 e. The monoisotopic (exact) mass is 264 g/mol. The predicted molar refractivity (Wildman–Crippen MR) is 73.7 cm³/mol. The summed E-state index contributed by atoms with van der Waals surface area (Å²) in [5.41, 5.74) is 7.13. The van der Waals surface area contributed by atoms with Gasteiger partial charge in [0, 0.05) is 18.5 Å². The van der Waals surface area contributed by atoms with Crippen LogP contribution in [0.25, 0.3) is 0 Å². The molecule has 0 aromatic heterocycles. The van der Waals surface area contributed by atoms with Gasteiger partial charge in [0.1, 0.15) is 0 Å². The standard InChI is InChI=1S/C14H20N2O3/c1-19-14(18)9-6-11-4-7-12(8-5-11)16-13(17)3-2-10-15/h4-5,7-8H,2-3,6,9-10,15H2,1H3,(H,16,17). The number of rotatable bonds is 7. The summed E-state index contributed by atoms with van der Waals surface area (Å²) < 4.78 is 4.58. The molecular weight excluding hydrogens is 244 g/mol. The Balaban J connectivity index is 2.43. The molecule has 1 aromatic carbocycles. The molecule has 0 heterocycles. The highest BCUT2D eigenvalue weighted by Crippen LogP contribution is 2.11. The van der Waals surface area contributed by atoms with Crippen LogP contribution in [0, 0.1) is 0 Å². The minimum absolute atomic E-state index is 0.0345. The van der Waals surface area contributed by atoms with E-state index in [1.807, 2.05) is 24.3 Å². The molecule has 1 amide bonds. The molecular formula is C14H20N2O3. The summed E-state index contributed by atoms with van der Waals surface area (Å²) in [6, 6.07) is 7.43. The highest BCUT2D eigenvalue weighted by Gasteiger charge is 2.03. The van der Waals surface area contributed by atoms with Crippen molar-refractivity contribution in [2.24, 2.45) is 5.73 Å². The molecule has 0 saturated heterocycles. The number of amides is 1. The van der Waals surface area contributed by atoms with Crippen molar-refractivity contribution in [3.8, 4) is 0 Å². The van der Waals surface area contributed by atoms with Gasteiger partial charge >= 0.3 is 5.97 Å². The molecule has 0 spiro atoms. The quantitative estimate of drug-likeness (QED) is 0.731. The van der Waals surface area contributed by atoms with Gasteiger partial charge in [-0.25, -0.2) is 0 Å². The highest BCUT2D eigenvalue weighted by atomic mass is 16.5.